The van der Waals surface area contributed by atoms with E-state index in [9.17, 15) is 35.9 Å². The first-order valence-corrected chi connectivity index (χ1v) is 16.1. The average Bonchev–Trinajstić information content (AvgIpc) is 3.32. The normalized spacial score (nSPS) is 16.5. The van der Waals surface area contributed by atoms with Crippen molar-refractivity contribution in [3.8, 4) is 11.1 Å². The van der Waals surface area contributed by atoms with Gasteiger partial charge in [0.15, 0.2) is 0 Å². The third-order valence-electron chi connectivity index (χ3n) is 8.49. The van der Waals surface area contributed by atoms with Gasteiger partial charge in [0.05, 0.1) is 11.3 Å². The van der Waals surface area contributed by atoms with Crippen molar-refractivity contribution in [2.75, 3.05) is 31.9 Å². The smallest absolute Gasteiger partial charge is 0.349 e. The molecule has 1 aliphatic carbocycles. The van der Waals surface area contributed by atoms with Gasteiger partial charge in [-0.25, -0.2) is 4.98 Å². The first-order chi connectivity index (χ1) is 21.9. The lowest BCUT2D eigenvalue weighted by Crippen LogP contribution is -2.47. The van der Waals surface area contributed by atoms with Crippen LogP contribution in [0.4, 0.5) is 26.3 Å². The zero-order chi connectivity index (χ0) is 33.0. The molecule has 2 heterocycles. The molecule has 3 aromatic rings. The van der Waals surface area contributed by atoms with Crippen LogP contribution in [0.3, 0.4) is 0 Å². The van der Waals surface area contributed by atoms with Crippen molar-refractivity contribution >= 4 is 23.6 Å². The number of pyridine rings is 1. The van der Waals surface area contributed by atoms with E-state index in [-0.39, 0.29) is 16.6 Å². The summed E-state index contributed by atoms with van der Waals surface area (Å²) in [5.74, 6) is -2.25. The second kappa shape index (κ2) is 14.0. The Morgan fingerprint density at radius 2 is 1.50 bits per heavy atom. The van der Waals surface area contributed by atoms with Gasteiger partial charge in [-0.15, -0.1) is 0 Å². The molecule has 0 radical (unpaired) electrons. The molecule has 2 aromatic carbocycles. The molecule has 0 saturated carbocycles. The molecule has 246 valence electrons. The molecule has 2 N–H and O–H groups in total. The van der Waals surface area contributed by atoms with Crippen molar-refractivity contribution in [2.24, 2.45) is 0 Å². The van der Waals surface area contributed by atoms with Crippen molar-refractivity contribution in [2.45, 2.75) is 60.9 Å². The number of benzene rings is 2. The van der Waals surface area contributed by atoms with E-state index in [1.54, 1.807) is 12.1 Å². The molecule has 1 saturated heterocycles. The minimum atomic E-state index is -4.54. The highest BCUT2D eigenvalue weighted by molar-refractivity contribution is 7.99. The average molecular weight is 665 g/mol. The SMILES string of the molecule is O=C(NC1CCN(CCCCC2(C(=O)NCC(F)(F)F)c3ccccc3-c3ccccc32)CC1)c1cccnc1SCC(F)(F)F. The number of nitrogens with one attached hydrogen (secondary N) is 2. The summed E-state index contributed by atoms with van der Waals surface area (Å²) >= 11 is 0.482. The van der Waals surface area contributed by atoms with Gasteiger partial charge in [0.1, 0.15) is 17.0 Å². The third-order valence-corrected chi connectivity index (χ3v) is 9.56. The van der Waals surface area contributed by atoms with E-state index in [4.69, 9.17) is 0 Å². The van der Waals surface area contributed by atoms with E-state index >= 15 is 0 Å². The Kier molecular flexibility index (Phi) is 10.3. The molecule has 2 aliphatic rings. The van der Waals surface area contributed by atoms with E-state index in [2.05, 4.69) is 20.5 Å². The van der Waals surface area contributed by atoms with Gasteiger partial charge in [-0.1, -0.05) is 66.7 Å². The van der Waals surface area contributed by atoms with Gasteiger partial charge in [-0.3, -0.25) is 9.59 Å². The zero-order valence-corrected chi connectivity index (χ0v) is 25.7. The Balaban J connectivity index is 1.17. The number of aromatic nitrogens is 1. The van der Waals surface area contributed by atoms with Crippen LogP contribution in [0.2, 0.25) is 0 Å². The van der Waals surface area contributed by atoms with Crippen LogP contribution < -0.4 is 10.6 Å². The maximum absolute atomic E-state index is 13.7. The fourth-order valence-corrected chi connectivity index (χ4v) is 7.15. The van der Waals surface area contributed by atoms with Crippen LogP contribution >= 0.6 is 11.8 Å². The molecule has 1 aromatic heterocycles. The first kappa shape index (κ1) is 33.8. The molecule has 5 rings (SSSR count). The third kappa shape index (κ3) is 7.86. The first-order valence-electron chi connectivity index (χ1n) is 15.1. The minimum absolute atomic E-state index is 0.0344. The number of piperidine rings is 1. The molecule has 46 heavy (non-hydrogen) atoms. The van der Waals surface area contributed by atoms with Gasteiger partial charge in [-0.2, -0.15) is 26.3 Å². The Morgan fingerprint density at radius 1 is 0.870 bits per heavy atom. The summed E-state index contributed by atoms with van der Waals surface area (Å²) in [6.45, 7) is 0.691. The molecule has 0 atom stereocenters. The number of carbonyl (C=O) groups excluding carboxylic acids is 2. The highest BCUT2D eigenvalue weighted by Crippen LogP contribution is 2.51. The fourth-order valence-electron chi connectivity index (χ4n) is 6.40. The number of alkyl halides is 6. The molecule has 13 heteroatoms. The van der Waals surface area contributed by atoms with E-state index in [0.29, 0.717) is 74.6 Å². The second-order valence-corrected chi connectivity index (χ2v) is 12.6. The zero-order valence-electron chi connectivity index (χ0n) is 24.9. The predicted molar refractivity (Wildman–Crippen MR) is 164 cm³/mol. The van der Waals surface area contributed by atoms with Crippen LogP contribution in [-0.2, 0) is 10.2 Å². The Labute approximate surface area is 267 Å². The standard InChI is InChI=1S/C33H34F6N4O2S/c34-32(35,36)20-41-30(45)31(26-11-3-1-8-23(26)24-9-2-4-12-27(24)31)15-5-6-17-43-18-13-22(14-19-43)42-28(44)25-10-7-16-40-29(25)46-21-33(37,38)39/h1-4,7-12,16,22H,5-6,13-15,17-21H2,(H,41,45)(H,42,44). The maximum atomic E-state index is 13.7. The van der Waals surface area contributed by atoms with E-state index < -0.39 is 41.9 Å². The van der Waals surface area contributed by atoms with Crippen LogP contribution in [0.1, 0.15) is 53.6 Å². The molecule has 1 fully saturated rings. The molecular formula is C33H34F6N4O2S. The van der Waals surface area contributed by atoms with Crippen molar-refractivity contribution in [1.82, 2.24) is 20.5 Å². The minimum Gasteiger partial charge on any atom is -0.349 e. The summed E-state index contributed by atoms with van der Waals surface area (Å²) in [4.78, 5) is 32.7. The number of thioether (sulfide) groups is 1. The van der Waals surface area contributed by atoms with Gasteiger partial charge < -0.3 is 15.5 Å². The fraction of sp³-hybridized carbons (Fsp3) is 0.424. The number of nitrogens with zero attached hydrogens (tertiary/aromatic N) is 2. The number of hydrogen-bond acceptors (Lipinski definition) is 5. The van der Waals surface area contributed by atoms with E-state index in [0.717, 1.165) is 11.1 Å². The Morgan fingerprint density at radius 3 is 2.11 bits per heavy atom. The van der Waals surface area contributed by atoms with Crippen LogP contribution in [-0.4, -0.2) is 72.0 Å². The number of amides is 2. The molecular weight excluding hydrogens is 630 g/mol. The Bertz CT molecular complexity index is 1490. The monoisotopic (exact) mass is 664 g/mol. The Hall–Kier alpha value is -3.58. The quantitative estimate of drug-likeness (QED) is 0.135. The molecule has 0 bridgehead atoms. The summed E-state index contributed by atoms with van der Waals surface area (Å²) in [6, 6.07) is 17.6. The summed E-state index contributed by atoms with van der Waals surface area (Å²) in [6.07, 6.45) is -4.60. The van der Waals surface area contributed by atoms with Crippen LogP contribution in [0.25, 0.3) is 11.1 Å². The molecule has 6 nitrogen and oxygen atoms in total. The van der Waals surface area contributed by atoms with Gasteiger partial charge in [0, 0.05) is 25.3 Å². The summed E-state index contributed by atoms with van der Waals surface area (Å²) in [5.41, 5.74) is 1.99. The summed E-state index contributed by atoms with van der Waals surface area (Å²) in [7, 11) is 0. The maximum Gasteiger partial charge on any atom is 0.405 e. The molecule has 2 amide bonds. The molecule has 0 spiro atoms. The van der Waals surface area contributed by atoms with Crippen LogP contribution in [0.15, 0.2) is 71.9 Å². The number of fused-ring (bicyclic) bond motifs is 3. The van der Waals surface area contributed by atoms with E-state index in [1.807, 2.05) is 36.4 Å². The van der Waals surface area contributed by atoms with Crippen LogP contribution in [0, 0.1) is 0 Å². The summed E-state index contributed by atoms with van der Waals surface area (Å²) < 4.78 is 77.5. The number of carbonyl (C=O) groups is 2. The lowest BCUT2D eigenvalue weighted by atomic mass is 9.73. The summed E-state index contributed by atoms with van der Waals surface area (Å²) in [5, 5.41) is 5.13. The van der Waals surface area contributed by atoms with Gasteiger partial charge in [0.25, 0.3) is 5.91 Å². The largest absolute Gasteiger partial charge is 0.405 e. The highest BCUT2D eigenvalue weighted by atomic mass is 32.2. The van der Waals surface area contributed by atoms with Gasteiger partial charge in [-0.05, 0) is 66.6 Å². The molecule has 0 unspecified atom stereocenters. The number of rotatable bonds is 11. The number of likely N-dealkylation sites (tertiary alicyclic amines) is 1. The van der Waals surface area contributed by atoms with Crippen molar-refractivity contribution in [3.05, 3.63) is 83.6 Å². The van der Waals surface area contributed by atoms with E-state index in [1.165, 1.54) is 18.3 Å². The highest BCUT2D eigenvalue weighted by Gasteiger charge is 2.49. The van der Waals surface area contributed by atoms with Crippen molar-refractivity contribution < 1.29 is 35.9 Å². The van der Waals surface area contributed by atoms with Gasteiger partial charge >= 0.3 is 12.4 Å². The second-order valence-electron chi connectivity index (χ2n) is 11.6. The number of unbranched alkanes of at least 4 members (excludes halogenated alkanes) is 1. The topological polar surface area (TPSA) is 74.3 Å². The predicted octanol–water partition coefficient (Wildman–Crippen LogP) is 6.75. The van der Waals surface area contributed by atoms with Gasteiger partial charge in [0.2, 0.25) is 5.91 Å². The number of hydrogen-bond donors (Lipinski definition) is 2. The molecule has 1 aliphatic heterocycles. The van der Waals surface area contributed by atoms with Crippen molar-refractivity contribution in [3.63, 3.8) is 0 Å². The van der Waals surface area contributed by atoms with Crippen LogP contribution in [0.5, 0.6) is 0 Å². The lowest BCUT2D eigenvalue weighted by Gasteiger charge is -2.33. The number of halogens is 6. The van der Waals surface area contributed by atoms with Crippen molar-refractivity contribution in [1.29, 1.82) is 0 Å². The lowest BCUT2D eigenvalue weighted by molar-refractivity contribution is -0.141.